The van der Waals surface area contributed by atoms with E-state index in [0.717, 1.165) is 26.5 Å². The average molecular weight is 653 g/mol. The van der Waals surface area contributed by atoms with E-state index in [9.17, 15) is 30.0 Å². The van der Waals surface area contributed by atoms with Crippen molar-refractivity contribution in [3.05, 3.63) is 52.9 Å². The number of alkyl halides is 3. The van der Waals surface area contributed by atoms with Crippen LogP contribution in [0.4, 0.5) is 18.9 Å². The van der Waals surface area contributed by atoms with Crippen LogP contribution < -0.4 is 4.31 Å². The fourth-order valence-corrected chi connectivity index (χ4v) is 7.82. The molecule has 0 unspecified atom stereocenters. The van der Waals surface area contributed by atoms with Gasteiger partial charge in [-0.2, -0.15) is 13.2 Å². The molecule has 17 heteroatoms. The molecule has 41 heavy (non-hydrogen) atoms. The van der Waals surface area contributed by atoms with E-state index in [-0.39, 0.29) is 5.75 Å². The summed E-state index contributed by atoms with van der Waals surface area (Å²) in [4.78, 5) is 19.8. The van der Waals surface area contributed by atoms with Crippen molar-refractivity contribution in [2.45, 2.75) is 23.9 Å². The van der Waals surface area contributed by atoms with Crippen LogP contribution in [0.5, 0.6) is 0 Å². The minimum atomic E-state index is -5.08. The summed E-state index contributed by atoms with van der Waals surface area (Å²) >= 11 is 2.73. The molecule has 224 valence electrons. The lowest BCUT2D eigenvalue weighted by molar-refractivity contribution is -0.192. The van der Waals surface area contributed by atoms with E-state index in [1.54, 1.807) is 29.8 Å². The first-order chi connectivity index (χ1) is 19.0. The van der Waals surface area contributed by atoms with Gasteiger partial charge < -0.3 is 15.0 Å². The Morgan fingerprint density at radius 2 is 1.83 bits per heavy atom. The van der Waals surface area contributed by atoms with Crippen molar-refractivity contribution in [2.24, 2.45) is 0 Å². The van der Waals surface area contributed by atoms with Crippen LogP contribution >= 0.6 is 22.7 Å². The highest BCUT2D eigenvalue weighted by Gasteiger charge is 2.38. The summed E-state index contributed by atoms with van der Waals surface area (Å²) in [5.74, 6) is -2.64. The van der Waals surface area contributed by atoms with Gasteiger partial charge in [0.25, 0.3) is 10.0 Å². The first-order valence-electron chi connectivity index (χ1n) is 11.8. The number of anilines is 1. The molecule has 4 aromatic rings. The van der Waals surface area contributed by atoms with Crippen molar-refractivity contribution in [1.82, 2.24) is 14.9 Å². The van der Waals surface area contributed by atoms with Gasteiger partial charge >= 0.3 is 12.1 Å². The predicted octanol–water partition coefficient (Wildman–Crippen LogP) is 4.68. The Hall–Kier alpha value is -2.99. The van der Waals surface area contributed by atoms with E-state index < -0.39 is 32.0 Å². The largest absolute Gasteiger partial charge is 0.490 e. The number of aromatic amines is 1. The second kappa shape index (κ2) is 12.9. The van der Waals surface area contributed by atoms with E-state index >= 15 is 0 Å². The normalized spacial score (nSPS) is 12.4. The van der Waals surface area contributed by atoms with Crippen molar-refractivity contribution in [3.8, 4) is 10.7 Å². The van der Waals surface area contributed by atoms with Gasteiger partial charge in [0.05, 0.1) is 22.7 Å². The average Bonchev–Trinajstić information content (AvgIpc) is 3.63. The van der Waals surface area contributed by atoms with E-state index in [4.69, 9.17) is 9.90 Å². The van der Waals surface area contributed by atoms with E-state index in [1.165, 1.54) is 33.2 Å². The maximum absolute atomic E-state index is 13.2. The molecule has 3 heterocycles. The summed E-state index contributed by atoms with van der Waals surface area (Å²) in [6, 6.07) is 10.9. The van der Waals surface area contributed by atoms with Crippen LogP contribution in [-0.4, -0.2) is 81.1 Å². The van der Waals surface area contributed by atoms with Gasteiger partial charge in [0, 0.05) is 42.4 Å². The van der Waals surface area contributed by atoms with Crippen LogP contribution in [0, 0.1) is 0 Å². The quantitative estimate of drug-likeness (QED) is 0.252. The Bertz CT molecular complexity index is 1700. The van der Waals surface area contributed by atoms with Gasteiger partial charge in [-0.25, -0.2) is 26.6 Å². The van der Waals surface area contributed by atoms with Crippen LogP contribution in [-0.2, 0) is 31.2 Å². The van der Waals surface area contributed by atoms with Gasteiger partial charge in [-0.15, -0.1) is 22.7 Å². The molecule has 10 nitrogen and oxygen atoms in total. The lowest BCUT2D eigenvalue weighted by Crippen LogP contribution is -2.30. The Balaban J connectivity index is 0.000000587. The third-order valence-corrected chi connectivity index (χ3v) is 10.7. The number of rotatable bonds is 10. The highest BCUT2D eigenvalue weighted by Crippen LogP contribution is 2.35. The molecule has 1 aromatic carbocycles. The van der Waals surface area contributed by atoms with Crippen LogP contribution in [0.3, 0.4) is 0 Å². The molecule has 0 saturated heterocycles. The Morgan fingerprint density at radius 1 is 1.15 bits per heavy atom. The number of sulfone groups is 1. The molecule has 4 rings (SSSR count). The topological polar surface area (TPSA) is 141 Å². The number of carboxylic acids is 1. The SMILES string of the molecule is CCN(c1cccc2cc(-c3ncc(CN(C)CCS(C)(=O)=O)s3)[nH]c12)S(=O)(=O)c1cccs1.O=C(O)C(F)(F)F. The first kappa shape index (κ1) is 32.5. The number of nitrogens with zero attached hydrogens (tertiary/aromatic N) is 3. The standard InChI is InChI=1S/C22H26N4O4S4.C2HF3O2/c1-4-26(34(29,30)20-9-6-11-31-20)19-8-5-7-16-13-18(24-21(16)19)22-23-14-17(32-22)15-25(2)10-12-33(3,27)28;3-2(4,5)1(6)7/h5-9,11,13-14,24H,4,10,12,15H2,1-3H3;(H,6,7). The fraction of sp³-hybridized carbons (Fsp3) is 0.333. The van der Waals surface area contributed by atoms with Crippen LogP contribution in [0.25, 0.3) is 21.6 Å². The number of carbonyl (C=O) groups is 1. The number of sulfonamides is 1. The first-order valence-corrected chi connectivity index (χ1v) is 17.0. The van der Waals surface area contributed by atoms with Crippen LogP contribution in [0.1, 0.15) is 11.8 Å². The van der Waals surface area contributed by atoms with Crippen molar-refractivity contribution in [1.29, 1.82) is 0 Å². The molecule has 2 N–H and O–H groups in total. The van der Waals surface area contributed by atoms with Gasteiger partial charge in [0.2, 0.25) is 0 Å². The number of hydrogen-bond donors (Lipinski definition) is 2. The van der Waals surface area contributed by atoms with E-state index in [1.807, 2.05) is 37.1 Å². The van der Waals surface area contributed by atoms with E-state index in [0.29, 0.717) is 29.5 Å². The van der Waals surface area contributed by atoms with Crippen molar-refractivity contribution in [2.75, 3.05) is 36.5 Å². The van der Waals surface area contributed by atoms with E-state index in [2.05, 4.69) is 9.97 Å². The molecule has 0 aliphatic carbocycles. The summed E-state index contributed by atoms with van der Waals surface area (Å²) in [7, 11) is -4.79. The summed E-state index contributed by atoms with van der Waals surface area (Å²) in [5, 5.41) is 10.6. The number of aliphatic carboxylic acids is 1. The molecule has 0 amide bonds. The molecule has 0 spiro atoms. The highest BCUT2D eigenvalue weighted by atomic mass is 32.2. The molecule has 0 atom stereocenters. The minimum Gasteiger partial charge on any atom is -0.475 e. The van der Waals surface area contributed by atoms with Crippen LogP contribution in [0.2, 0.25) is 0 Å². The number of para-hydroxylation sites is 1. The lowest BCUT2D eigenvalue weighted by Gasteiger charge is -2.22. The van der Waals surface area contributed by atoms with Gasteiger partial charge in [0.15, 0.2) is 0 Å². The third-order valence-electron chi connectivity index (χ3n) is 5.53. The zero-order valence-corrected chi connectivity index (χ0v) is 25.3. The molecule has 0 fully saturated rings. The maximum atomic E-state index is 13.2. The smallest absolute Gasteiger partial charge is 0.475 e. The van der Waals surface area contributed by atoms with Crippen molar-refractivity contribution in [3.63, 3.8) is 0 Å². The molecular weight excluding hydrogens is 626 g/mol. The number of carboxylic acid groups (broad SMARTS) is 1. The number of nitrogens with one attached hydrogen (secondary N) is 1. The fourth-order valence-electron chi connectivity index (χ4n) is 3.62. The number of halogens is 3. The van der Waals surface area contributed by atoms with Gasteiger partial charge in [-0.1, -0.05) is 18.2 Å². The minimum absolute atomic E-state index is 0.113. The number of H-pyrrole nitrogens is 1. The Labute approximate surface area is 243 Å². The van der Waals surface area contributed by atoms with Gasteiger partial charge in [-0.3, -0.25) is 4.31 Å². The predicted molar refractivity (Wildman–Crippen MR) is 154 cm³/mol. The molecule has 0 bridgehead atoms. The molecule has 3 aromatic heterocycles. The third kappa shape index (κ3) is 8.51. The number of benzene rings is 1. The van der Waals surface area contributed by atoms with Gasteiger partial charge in [0.1, 0.15) is 19.1 Å². The molecular formula is C24H27F3N4O6S4. The van der Waals surface area contributed by atoms with Crippen LogP contribution in [0.15, 0.2) is 52.2 Å². The summed E-state index contributed by atoms with van der Waals surface area (Å²) in [5.41, 5.74) is 2.14. The van der Waals surface area contributed by atoms with Crippen molar-refractivity contribution >= 4 is 65.1 Å². The highest BCUT2D eigenvalue weighted by molar-refractivity contribution is 7.94. The number of thiophene rings is 1. The summed E-state index contributed by atoms with van der Waals surface area (Å²) in [6.45, 7) is 3.17. The molecule has 0 radical (unpaired) electrons. The zero-order chi connectivity index (χ0) is 30.6. The molecule has 0 aliphatic heterocycles. The summed E-state index contributed by atoms with van der Waals surface area (Å²) in [6.07, 6.45) is -2.05. The zero-order valence-electron chi connectivity index (χ0n) is 22.0. The summed E-state index contributed by atoms with van der Waals surface area (Å²) < 4.78 is 82.8. The number of thiazole rings is 1. The number of fused-ring (bicyclic) bond motifs is 1. The Kier molecular flexibility index (Phi) is 10.2. The molecule has 0 saturated carbocycles. The number of aromatic nitrogens is 2. The second-order valence-electron chi connectivity index (χ2n) is 8.83. The molecule has 0 aliphatic rings. The lowest BCUT2D eigenvalue weighted by atomic mass is 10.2. The monoisotopic (exact) mass is 652 g/mol. The van der Waals surface area contributed by atoms with Gasteiger partial charge in [-0.05, 0) is 37.6 Å². The maximum Gasteiger partial charge on any atom is 0.490 e. The Morgan fingerprint density at radius 3 is 2.39 bits per heavy atom. The second-order valence-corrected chi connectivity index (χ2v) is 15.2. The number of hydrogen-bond acceptors (Lipinski definition) is 9. The van der Waals surface area contributed by atoms with Crippen molar-refractivity contribution < 1.29 is 39.9 Å².